The Hall–Kier alpha value is -3.04. The number of aryl methyl sites for hydroxylation is 1. The number of fused-ring (bicyclic) bond motifs is 1. The molecule has 1 amide bonds. The second-order valence-electron chi connectivity index (χ2n) is 10.5. The Kier molecular flexibility index (Phi) is 7.85. The molecule has 0 radical (unpaired) electrons. The minimum Gasteiger partial charge on any atom is -0.493 e. The Balaban J connectivity index is 1.60. The molecule has 0 bridgehead atoms. The molecule has 1 atom stereocenters. The Morgan fingerprint density at radius 1 is 1.11 bits per heavy atom. The summed E-state index contributed by atoms with van der Waals surface area (Å²) in [5.74, 6) is 1.31. The summed E-state index contributed by atoms with van der Waals surface area (Å²) in [5, 5.41) is 0.717. The van der Waals surface area contributed by atoms with Gasteiger partial charge in [-0.05, 0) is 51.0 Å². The van der Waals surface area contributed by atoms with E-state index >= 15 is 0 Å². The first-order valence-corrected chi connectivity index (χ1v) is 13.4. The molecule has 0 unspecified atom stereocenters. The van der Waals surface area contributed by atoms with Gasteiger partial charge in [-0.15, -0.1) is 11.3 Å². The van der Waals surface area contributed by atoms with Crippen LogP contribution in [-0.2, 0) is 18.3 Å². The zero-order chi connectivity index (χ0) is 26.9. The summed E-state index contributed by atoms with van der Waals surface area (Å²) in [6.45, 7) is 10.7. The number of aromatic nitrogens is 1. The predicted molar refractivity (Wildman–Crippen MR) is 148 cm³/mol. The highest BCUT2D eigenvalue weighted by atomic mass is 32.1. The number of benzene rings is 1. The number of carbonyl (C=O) groups excluding carboxylic acids is 1. The minimum absolute atomic E-state index is 0.0112. The average Bonchev–Trinajstić information content (AvgIpc) is 3.28. The average molecular weight is 528 g/mol. The number of ether oxygens (including phenoxy) is 3. The van der Waals surface area contributed by atoms with Crippen LogP contribution in [0.25, 0.3) is 21.2 Å². The second-order valence-corrected chi connectivity index (χ2v) is 11.6. The van der Waals surface area contributed by atoms with Crippen molar-refractivity contribution >= 4 is 27.5 Å². The van der Waals surface area contributed by atoms with Gasteiger partial charge in [0.05, 0.1) is 19.6 Å². The normalized spacial score (nSPS) is 16.7. The third-order valence-corrected chi connectivity index (χ3v) is 7.79. The van der Waals surface area contributed by atoms with Gasteiger partial charge in [-0.2, -0.15) is 0 Å². The van der Waals surface area contributed by atoms with Crippen LogP contribution in [0.15, 0.2) is 35.3 Å². The van der Waals surface area contributed by atoms with Crippen LogP contribution in [0.5, 0.6) is 11.5 Å². The second kappa shape index (κ2) is 10.8. The summed E-state index contributed by atoms with van der Waals surface area (Å²) < 4.78 is 19.1. The standard InChI is InChI=1S/C28H37N3O5S/c1-8-19-15-30(11-12-31(19)27(33)36-28(2,3)4)16-20-14-21-25(37-20)22(17-29(5)26(21)32)18-9-10-23(34-6)24(13-18)35-7/h9-10,13-14,17,19H,8,11-12,15-16H2,1-7H3/t19-/m0/s1. The molecular formula is C28H37N3O5S. The van der Waals surface area contributed by atoms with Crippen molar-refractivity contribution < 1.29 is 19.0 Å². The summed E-state index contributed by atoms with van der Waals surface area (Å²) >= 11 is 1.65. The molecule has 3 heterocycles. The highest BCUT2D eigenvalue weighted by Gasteiger charge is 2.32. The van der Waals surface area contributed by atoms with Gasteiger partial charge in [0.2, 0.25) is 0 Å². The quantitative estimate of drug-likeness (QED) is 0.443. The number of carbonyl (C=O) groups is 1. The molecule has 2 aromatic heterocycles. The number of methoxy groups -OCH3 is 2. The van der Waals surface area contributed by atoms with Crippen LogP contribution >= 0.6 is 11.3 Å². The monoisotopic (exact) mass is 527 g/mol. The lowest BCUT2D eigenvalue weighted by Gasteiger charge is -2.41. The molecule has 0 saturated carbocycles. The highest BCUT2D eigenvalue weighted by Crippen LogP contribution is 2.38. The van der Waals surface area contributed by atoms with Gasteiger partial charge in [-0.1, -0.05) is 13.0 Å². The number of amides is 1. The maximum atomic E-state index is 13.0. The van der Waals surface area contributed by atoms with E-state index in [4.69, 9.17) is 14.2 Å². The lowest BCUT2D eigenvalue weighted by Crippen LogP contribution is -2.55. The maximum Gasteiger partial charge on any atom is 0.410 e. The van der Waals surface area contributed by atoms with E-state index in [1.54, 1.807) is 37.2 Å². The number of hydrogen-bond acceptors (Lipinski definition) is 7. The predicted octanol–water partition coefficient (Wildman–Crippen LogP) is 5.12. The van der Waals surface area contributed by atoms with Gasteiger partial charge in [-0.25, -0.2) is 4.79 Å². The van der Waals surface area contributed by atoms with Crippen LogP contribution in [0, 0.1) is 0 Å². The van der Waals surface area contributed by atoms with Crippen molar-refractivity contribution in [2.75, 3.05) is 33.9 Å². The lowest BCUT2D eigenvalue weighted by molar-refractivity contribution is -0.00289. The van der Waals surface area contributed by atoms with Crippen LogP contribution < -0.4 is 15.0 Å². The van der Waals surface area contributed by atoms with Gasteiger partial charge in [0.1, 0.15) is 5.60 Å². The molecule has 0 spiro atoms. The topological polar surface area (TPSA) is 73.2 Å². The van der Waals surface area contributed by atoms with E-state index in [-0.39, 0.29) is 17.7 Å². The van der Waals surface area contributed by atoms with Crippen molar-refractivity contribution in [1.29, 1.82) is 0 Å². The molecule has 4 rings (SSSR count). The van der Waals surface area contributed by atoms with Gasteiger partial charge < -0.3 is 23.7 Å². The fourth-order valence-electron chi connectivity index (χ4n) is 4.78. The third-order valence-electron chi connectivity index (χ3n) is 6.64. The molecule has 0 N–H and O–H groups in total. The minimum atomic E-state index is -0.513. The van der Waals surface area contributed by atoms with E-state index in [9.17, 15) is 9.59 Å². The molecule has 1 saturated heterocycles. The molecule has 1 fully saturated rings. The van der Waals surface area contributed by atoms with Gasteiger partial charge in [0.15, 0.2) is 11.5 Å². The first-order chi connectivity index (χ1) is 17.5. The van der Waals surface area contributed by atoms with E-state index in [0.29, 0.717) is 23.4 Å². The molecule has 200 valence electrons. The van der Waals surface area contributed by atoms with Crippen molar-refractivity contribution in [2.24, 2.45) is 7.05 Å². The molecule has 1 aromatic carbocycles. The highest BCUT2D eigenvalue weighted by molar-refractivity contribution is 7.19. The SMILES string of the molecule is CC[C@H]1CN(Cc2cc3c(=O)n(C)cc(-c4ccc(OC)c(OC)c4)c3s2)CCN1C(=O)OC(C)(C)C. The number of thiophene rings is 1. The van der Waals surface area contributed by atoms with Crippen molar-refractivity contribution in [1.82, 2.24) is 14.4 Å². The third kappa shape index (κ3) is 5.78. The summed E-state index contributed by atoms with van der Waals surface area (Å²) in [6.07, 6.45) is 2.49. The summed E-state index contributed by atoms with van der Waals surface area (Å²) in [6, 6.07) is 7.93. The first kappa shape index (κ1) is 27.0. The van der Waals surface area contributed by atoms with Crippen LogP contribution in [-0.4, -0.2) is 66.0 Å². The van der Waals surface area contributed by atoms with Crippen LogP contribution in [0.1, 0.15) is 39.0 Å². The largest absolute Gasteiger partial charge is 0.493 e. The number of rotatable bonds is 6. The zero-order valence-electron chi connectivity index (χ0n) is 22.8. The molecule has 37 heavy (non-hydrogen) atoms. The number of piperazine rings is 1. The maximum absolute atomic E-state index is 13.0. The molecular weight excluding hydrogens is 490 g/mol. The van der Waals surface area contributed by atoms with Crippen LogP contribution in [0.4, 0.5) is 4.79 Å². The fraction of sp³-hybridized carbons (Fsp3) is 0.500. The smallest absolute Gasteiger partial charge is 0.410 e. The van der Waals surface area contributed by atoms with E-state index < -0.39 is 5.60 Å². The summed E-state index contributed by atoms with van der Waals surface area (Å²) in [7, 11) is 5.02. The van der Waals surface area contributed by atoms with Gasteiger partial charge in [0.25, 0.3) is 5.56 Å². The van der Waals surface area contributed by atoms with Crippen molar-refractivity contribution in [2.45, 2.75) is 52.3 Å². The molecule has 1 aliphatic rings. The van der Waals surface area contributed by atoms with Crippen molar-refractivity contribution in [3.63, 3.8) is 0 Å². The zero-order valence-corrected chi connectivity index (χ0v) is 23.6. The van der Waals surface area contributed by atoms with Gasteiger partial charge in [-0.3, -0.25) is 9.69 Å². The molecule has 9 heteroatoms. The molecule has 3 aromatic rings. The van der Waals surface area contributed by atoms with E-state index in [2.05, 4.69) is 11.8 Å². The molecule has 1 aliphatic heterocycles. The Labute approximate surface area is 222 Å². The number of hydrogen-bond donors (Lipinski definition) is 0. The van der Waals surface area contributed by atoms with Gasteiger partial charge >= 0.3 is 6.09 Å². The lowest BCUT2D eigenvalue weighted by atomic mass is 10.1. The van der Waals surface area contributed by atoms with E-state index in [0.717, 1.165) is 46.8 Å². The summed E-state index contributed by atoms with van der Waals surface area (Å²) in [4.78, 5) is 31.1. The number of nitrogens with zero attached hydrogens (tertiary/aromatic N) is 3. The van der Waals surface area contributed by atoms with Crippen LogP contribution in [0.2, 0.25) is 0 Å². The Bertz CT molecular complexity index is 1340. The van der Waals surface area contributed by atoms with Crippen LogP contribution in [0.3, 0.4) is 0 Å². The van der Waals surface area contributed by atoms with Gasteiger partial charge in [0, 0.05) is 60.6 Å². The Morgan fingerprint density at radius 2 is 1.84 bits per heavy atom. The molecule has 8 nitrogen and oxygen atoms in total. The summed E-state index contributed by atoms with van der Waals surface area (Å²) in [5.41, 5.74) is 1.42. The number of pyridine rings is 1. The van der Waals surface area contributed by atoms with Crippen molar-refractivity contribution in [3.05, 3.63) is 45.7 Å². The first-order valence-electron chi connectivity index (χ1n) is 12.6. The molecule has 0 aliphatic carbocycles. The van der Waals surface area contributed by atoms with Crippen molar-refractivity contribution in [3.8, 4) is 22.6 Å². The van der Waals surface area contributed by atoms with E-state index in [1.165, 1.54) is 0 Å². The van der Waals surface area contributed by atoms with E-state index in [1.807, 2.05) is 56.1 Å². The Morgan fingerprint density at radius 3 is 2.49 bits per heavy atom. The fourth-order valence-corrected chi connectivity index (χ4v) is 6.01.